The van der Waals surface area contributed by atoms with Crippen molar-refractivity contribution in [1.29, 1.82) is 0 Å². The molecular weight excluding hydrogens is 1490 g/mol. The van der Waals surface area contributed by atoms with Crippen LogP contribution in [0.2, 0.25) is 10.0 Å². The highest BCUT2D eigenvalue weighted by molar-refractivity contribution is 7.90. The Hall–Kier alpha value is -6.73. The largest absolute Gasteiger partial charge is 0.458 e. The van der Waals surface area contributed by atoms with E-state index in [0.717, 1.165) is 67.0 Å². The summed E-state index contributed by atoms with van der Waals surface area (Å²) in [6, 6.07) is 29.8. The minimum Gasteiger partial charge on any atom is -0.458 e. The van der Waals surface area contributed by atoms with Crippen LogP contribution in [0.5, 0.6) is 0 Å². The topological polar surface area (TPSA) is 245 Å². The summed E-state index contributed by atoms with van der Waals surface area (Å²) in [7, 11) is -3.93. The van der Waals surface area contributed by atoms with Gasteiger partial charge in [-0.15, -0.1) is 0 Å². The molecule has 8 aromatic rings. The van der Waals surface area contributed by atoms with Gasteiger partial charge in [-0.25, -0.2) is 51.5 Å². The Balaban J connectivity index is 0.000000239. The summed E-state index contributed by atoms with van der Waals surface area (Å²) >= 11 is 47.6. The van der Waals surface area contributed by atoms with E-state index in [0.29, 0.717) is 83.7 Å². The summed E-state index contributed by atoms with van der Waals surface area (Å²) in [5.41, 5.74) is 3.65. The van der Waals surface area contributed by atoms with Crippen LogP contribution in [0.4, 0.5) is 26.3 Å². The number of esters is 1. The third kappa shape index (κ3) is 21.5. The molecule has 5 heterocycles. The summed E-state index contributed by atoms with van der Waals surface area (Å²) in [5.74, 6) is 0.358. The number of carbonyl (C=O) groups excluding carboxylic acids is 4. The lowest BCUT2D eigenvalue weighted by Gasteiger charge is -2.41. The maximum atomic E-state index is 13.7. The summed E-state index contributed by atoms with van der Waals surface area (Å²) in [4.78, 5) is 79.4. The first-order valence-electron chi connectivity index (χ1n) is 33.1. The van der Waals surface area contributed by atoms with Crippen LogP contribution < -0.4 is 10.6 Å². The fourth-order valence-corrected chi connectivity index (χ4v) is 14.7. The van der Waals surface area contributed by atoms with E-state index in [1.54, 1.807) is 88.9 Å². The number of hydrogen-bond donors (Lipinski definition) is 3. The quantitative estimate of drug-likeness (QED) is 0.0436. The van der Waals surface area contributed by atoms with E-state index < -0.39 is 53.6 Å². The Morgan fingerprint density at radius 2 is 1.13 bits per heavy atom. The second-order valence-electron chi connectivity index (χ2n) is 27.3. The van der Waals surface area contributed by atoms with E-state index >= 15 is 0 Å². The molecule has 4 atom stereocenters. The van der Waals surface area contributed by atoms with E-state index in [1.807, 2.05) is 89.0 Å². The molecule has 11 rings (SSSR count). The molecule has 0 radical (unpaired) electrons. The molecule has 3 fully saturated rings. The summed E-state index contributed by atoms with van der Waals surface area (Å²) in [6.07, 6.45) is 13.0. The van der Waals surface area contributed by atoms with E-state index in [1.165, 1.54) is 10.2 Å². The van der Waals surface area contributed by atoms with Crippen molar-refractivity contribution in [3.63, 3.8) is 0 Å². The predicted octanol–water partition coefficient (Wildman–Crippen LogP) is 18.8. The van der Waals surface area contributed by atoms with Gasteiger partial charge < -0.3 is 49.3 Å². The highest BCUT2D eigenvalue weighted by Crippen LogP contribution is 2.39. The molecule has 3 amide bonds. The monoisotopic (exact) mass is 1570 g/mol. The number of anilines is 2. The molecule has 1 aliphatic heterocycles. The van der Waals surface area contributed by atoms with Crippen LogP contribution in [0.25, 0.3) is 44.3 Å². The number of likely N-dealkylation sites (tertiary alicyclic amines) is 1. The fraction of sp³-hybridized carbons (Fsp3) is 0.444. The highest BCUT2D eigenvalue weighted by atomic mass is 35.6. The molecule has 4 aromatic carbocycles. The maximum Gasteiger partial charge on any atom is 0.410 e. The number of rotatable bonds is 17. The van der Waals surface area contributed by atoms with E-state index in [4.69, 9.17) is 122 Å². The van der Waals surface area contributed by atoms with Crippen LogP contribution in [0.3, 0.4) is 0 Å². The molecule has 30 heteroatoms. The zero-order valence-corrected chi connectivity index (χ0v) is 63.3. The maximum absolute atomic E-state index is 13.7. The number of ether oxygens (including phenoxy) is 4. The molecule has 2 saturated carbocycles. The number of alkyl halides is 6. The molecule has 2 aliphatic carbocycles. The highest BCUT2D eigenvalue weighted by Gasteiger charge is 2.38. The van der Waals surface area contributed by atoms with Gasteiger partial charge in [-0.1, -0.05) is 167 Å². The average Bonchev–Trinajstić information content (AvgIpc) is 1.60. The van der Waals surface area contributed by atoms with Gasteiger partial charge in [-0.3, -0.25) is 0 Å². The normalized spacial score (nSPS) is 17.7. The molecule has 1 saturated heterocycles. The zero-order chi connectivity index (χ0) is 72.6. The number of aromatic nitrogens is 6. The molecule has 4 aromatic heterocycles. The van der Waals surface area contributed by atoms with Gasteiger partial charge in [0.25, 0.3) is 10.0 Å². The van der Waals surface area contributed by atoms with Crippen LogP contribution in [-0.4, -0.2) is 152 Å². The molecule has 0 spiro atoms. The van der Waals surface area contributed by atoms with Gasteiger partial charge in [0.2, 0.25) is 19.5 Å². The number of amides is 3. The number of para-hydroxylation sites is 2. The van der Waals surface area contributed by atoms with Gasteiger partial charge in [-0.05, 0) is 154 Å². The molecular formula is C72H83Cl8N11O10S. The standard InChI is InChI=1S/C39H39Cl4N5O6S.C32H40Cl4N6O4.CH4/c1-38(2,3)54-37(50)47(22-25-16-18-26(19-17-25)35(49)53-24-39(41,42)43)28-11-9-10-27(20-28)45-36-44-21-32(40)34(46-36)31-23-48(33-15-8-7-14-30(31)33)55(51,52)29-12-5-4-6-13-29;1-31(2,3)46-30(44)42(18-20-11-13-41(14-12-20)29(43)45-19-32(34,35)36)22-8-6-7-21(15-22)39-28-38-17-25(33)27(40-28)24-16-37-26-10-5-4-9-23(24)26;/h4-8,12-19,21,23,27-28H,9-11,20,22,24H2,1-3H3,(H,44,45,46);4-5,9-10,16-17,20-22,37H,6-8,11-15,18-19H2,1-3H3,(H,38,39,40);1H4/t27-,28+;21-,22+;/m11./s1. The van der Waals surface area contributed by atoms with Crippen molar-refractivity contribution in [3.8, 4) is 22.5 Å². The Bertz CT molecular complexity index is 4330. The minimum atomic E-state index is -3.93. The molecule has 0 bridgehead atoms. The van der Waals surface area contributed by atoms with Gasteiger partial charge in [0.1, 0.15) is 24.4 Å². The number of nitrogens with zero attached hydrogens (tertiary/aromatic N) is 8. The van der Waals surface area contributed by atoms with Crippen molar-refractivity contribution in [2.45, 2.75) is 168 Å². The number of piperidine rings is 1. The lowest BCUT2D eigenvalue weighted by Crippen LogP contribution is -2.50. The Kier molecular flexibility index (Phi) is 26.5. The summed E-state index contributed by atoms with van der Waals surface area (Å²) < 4.78 is 47.3. The van der Waals surface area contributed by atoms with Crippen LogP contribution >= 0.6 is 92.8 Å². The van der Waals surface area contributed by atoms with Crippen molar-refractivity contribution in [2.75, 3.05) is 43.5 Å². The van der Waals surface area contributed by atoms with Crippen molar-refractivity contribution in [2.24, 2.45) is 5.92 Å². The second kappa shape index (κ2) is 34.0. The van der Waals surface area contributed by atoms with Crippen LogP contribution in [0, 0.1) is 5.92 Å². The SMILES string of the molecule is C.CC(C)(C)OC(=O)N(CC1CCN(C(=O)OCC(Cl)(Cl)Cl)CC1)[C@H]1CCC[C@@H](Nc2ncc(Cl)c(-c3c[nH]c4ccccc34)n2)C1.CC(C)(C)OC(=O)N(Cc1ccc(C(=O)OCC(Cl)(Cl)Cl)cc1)[C@H]1CCC[C@@H](Nc2ncc(Cl)c(-c3cn(S(=O)(=O)c4ccccc4)c4ccccc34)n2)C1. The van der Waals surface area contributed by atoms with Crippen molar-refractivity contribution in [3.05, 3.63) is 149 Å². The molecule has 0 unspecified atom stereocenters. The van der Waals surface area contributed by atoms with Crippen molar-refractivity contribution in [1.82, 2.24) is 43.6 Å². The number of nitrogens with one attached hydrogen (secondary N) is 3. The Labute approximate surface area is 634 Å². The average molecular weight is 1580 g/mol. The number of carbonyl (C=O) groups is 4. The third-order valence-corrected chi connectivity index (χ3v) is 20.2. The van der Waals surface area contributed by atoms with E-state index in [2.05, 4.69) is 25.6 Å². The van der Waals surface area contributed by atoms with Crippen molar-refractivity contribution >= 4 is 161 Å². The first-order chi connectivity index (χ1) is 47.7. The number of benzene rings is 4. The Morgan fingerprint density at radius 3 is 1.70 bits per heavy atom. The van der Waals surface area contributed by atoms with Crippen LogP contribution in [0.15, 0.2) is 133 Å². The molecule has 102 heavy (non-hydrogen) atoms. The molecule has 548 valence electrons. The van der Waals surface area contributed by atoms with Gasteiger partial charge in [0.05, 0.1) is 49.8 Å². The number of fused-ring (bicyclic) bond motifs is 2. The first-order valence-corrected chi connectivity index (χ1v) is 37.6. The number of H-pyrrole nitrogens is 1. The fourth-order valence-electron chi connectivity index (χ4n) is 12.6. The number of halogens is 8. The molecule has 3 N–H and O–H groups in total. The van der Waals surface area contributed by atoms with E-state index in [9.17, 15) is 27.6 Å². The summed E-state index contributed by atoms with van der Waals surface area (Å²) in [6.45, 7) is 12.1. The number of hydrogen-bond acceptors (Lipinski definition) is 16. The molecule has 21 nitrogen and oxygen atoms in total. The van der Waals surface area contributed by atoms with Gasteiger partial charge >= 0.3 is 24.2 Å². The lowest BCUT2D eigenvalue weighted by atomic mass is 9.88. The van der Waals surface area contributed by atoms with Gasteiger partial charge in [-0.2, -0.15) is 0 Å². The smallest absolute Gasteiger partial charge is 0.410 e. The third-order valence-electron chi connectivity index (χ3n) is 17.3. The van der Waals surface area contributed by atoms with E-state index in [-0.39, 0.29) is 72.2 Å². The number of aromatic amines is 1. The first kappa shape index (κ1) is 79.4. The summed E-state index contributed by atoms with van der Waals surface area (Å²) in [5, 5.41) is 9.38. The van der Waals surface area contributed by atoms with Crippen LogP contribution in [0.1, 0.15) is 129 Å². The van der Waals surface area contributed by atoms with Gasteiger partial charge in [0, 0.05) is 90.2 Å². The lowest BCUT2D eigenvalue weighted by molar-refractivity contribution is 0.00410. The zero-order valence-electron chi connectivity index (χ0n) is 56.4. The van der Waals surface area contributed by atoms with Crippen LogP contribution in [-0.2, 0) is 35.5 Å². The minimum absolute atomic E-state index is 0. The Morgan fingerprint density at radius 1 is 0.618 bits per heavy atom. The van der Waals surface area contributed by atoms with Crippen molar-refractivity contribution < 1.29 is 46.5 Å². The van der Waals surface area contributed by atoms with Gasteiger partial charge in [0.15, 0.2) is 0 Å². The predicted molar refractivity (Wildman–Crippen MR) is 405 cm³/mol. The molecule has 3 aliphatic rings. The second-order valence-corrected chi connectivity index (χ2v) is 34.9.